The number of ether oxygens (including phenoxy) is 1. The Kier molecular flexibility index (Phi) is 3.90. The van der Waals surface area contributed by atoms with Crippen LogP contribution in [0.2, 0.25) is 0 Å². The number of nitrogens with zero attached hydrogens (tertiary/aromatic N) is 1. The number of anilines is 1. The van der Waals surface area contributed by atoms with E-state index in [1.807, 2.05) is 0 Å². The van der Waals surface area contributed by atoms with Gasteiger partial charge in [0.05, 0.1) is 17.2 Å². The number of nitrogens with two attached hydrogens (primary N) is 1. The summed E-state index contributed by atoms with van der Waals surface area (Å²) in [6.07, 6.45) is 2.64. The van der Waals surface area contributed by atoms with Crippen LogP contribution in [0.25, 0.3) is 0 Å². The normalized spacial score (nSPS) is 22.9. The molecule has 1 aliphatic heterocycles. The number of halogens is 1. The summed E-state index contributed by atoms with van der Waals surface area (Å²) in [5.41, 5.74) is 5.35. The van der Waals surface area contributed by atoms with Crippen LogP contribution < -0.4 is 5.73 Å². The summed E-state index contributed by atoms with van der Waals surface area (Å²) < 4.78 is 45.6. The van der Waals surface area contributed by atoms with E-state index in [4.69, 9.17) is 10.5 Å². The van der Waals surface area contributed by atoms with Crippen molar-refractivity contribution in [2.24, 2.45) is 5.92 Å². The van der Waals surface area contributed by atoms with Gasteiger partial charge in [0.1, 0.15) is 5.82 Å². The van der Waals surface area contributed by atoms with E-state index in [0.29, 0.717) is 19.8 Å². The highest BCUT2D eigenvalue weighted by Crippen LogP contribution is 2.34. The van der Waals surface area contributed by atoms with E-state index in [-0.39, 0.29) is 22.5 Å². The summed E-state index contributed by atoms with van der Waals surface area (Å²) in [5.74, 6) is -0.366. The van der Waals surface area contributed by atoms with Crippen molar-refractivity contribution in [1.82, 2.24) is 4.31 Å². The molecule has 0 bridgehead atoms. The van der Waals surface area contributed by atoms with E-state index in [9.17, 15) is 12.8 Å². The van der Waals surface area contributed by atoms with Crippen LogP contribution in [-0.2, 0) is 14.8 Å². The summed E-state index contributed by atoms with van der Waals surface area (Å²) in [6, 6.07) is 3.64. The Bertz CT molecular complexity index is 625. The monoisotopic (exact) mass is 314 g/mol. The van der Waals surface area contributed by atoms with Crippen molar-refractivity contribution in [2.45, 2.75) is 30.2 Å². The average Bonchev–Trinajstić information content (AvgIpc) is 3.15. The largest absolute Gasteiger partial charge is 0.396 e. The fourth-order valence-electron chi connectivity index (χ4n) is 2.61. The molecule has 2 fully saturated rings. The maximum absolute atomic E-state index is 13.2. The van der Waals surface area contributed by atoms with E-state index in [1.54, 1.807) is 4.31 Å². The topological polar surface area (TPSA) is 72.6 Å². The molecule has 0 spiro atoms. The van der Waals surface area contributed by atoms with Crippen molar-refractivity contribution in [2.75, 3.05) is 25.5 Å². The van der Waals surface area contributed by atoms with Crippen LogP contribution >= 0.6 is 0 Å². The number of hydrogen-bond donors (Lipinski definition) is 1. The fraction of sp³-hybridized carbons (Fsp3) is 0.571. The zero-order valence-electron chi connectivity index (χ0n) is 11.7. The number of benzene rings is 1. The van der Waals surface area contributed by atoms with Crippen LogP contribution in [0.3, 0.4) is 0 Å². The predicted molar refractivity (Wildman–Crippen MR) is 76.7 cm³/mol. The van der Waals surface area contributed by atoms with E-state index < -0.39 is 15.8 Å². The lowest BCUT2D eigenvalue weighted by molar-refractivity contribution is 0.180. The minimum Gasteiger partial charge on any atom is -0.396 e. The molecule has 1 unspecified atom stereocenters. The molecule has 1 saturated carbocycles. The molecule has 1 aromatic carbocycles. The molecule has 1 aliphatic carbocycles. The van der Waals surface area contributed by atoms with Crippen molar-refractivity contribution in [3.63, 3.8) is 0 Å². The van der Waals surface area contributed by atoms with Gasteiger partial charge < -0.3 is 10.5 Å². The van der Waals surface area contributed by atoms with Gasteiger partial charge in [0.25, 0.3) is 0 Å². The standard InChI is InChI=1S/C14H19FN2O3S/c15-13-4-3-12(7-14(13)16)21(18,19)17(11-1-2-11)8-10-5-6-20-9-10/h3-4,7,10-11H,1-2,5-6,8-9,16H2. The van der Waals surface area contributed by atoms with Gasteiger partial charge >= 0.3 is 0 Å². The minimum absolute atomic E-state index is 0.0573. The van der Waals surface area contributed by atoms with Crippen LogP contribution in [-0.4, -0.2) is 38.5 Å². The van der Waals surface area contributed by atoms with Gasteiger partial charge in [-0.05, 0) is 43.4 Å². The van der Waals surface area contributed by atoms with Gasteiger partial charge in [0, 0.05) is 19.2 Å². The Morgan fingerprint density at radius 1 is 1.33 bits per heavy atom. The highest BCUT2D eigenvalue weighted by Gasteiger charge is 2.39. The average molecular weight is 314 g/mol. The highest BCUT2D eigenvalue weighted by atomic mass is 32.2. The summed E-state index contributed by atoms with van der Waals surface area (Å²) in [6.45, 7) is 1.75. The molecule has 1 atom stereocenters. The van der Waals surface area contributed by atoms with Crippen molar-refractivity contribution in [3.8, 4) is 0 Å². The summed E-state index contributed by atoms with van der Waals surface area (Å²) in [7, 11) is -3.63. The number of nitrogen functional groups attached to an aromatic ring is 1. The van der Waals surface area contributed by atoms with E-state index in [1.165, 1.54) is 12.1 Å². The van der Waals surface area contributed by atoms with Crippen LogP contribution in [0.5, 0.6) is 0 Å². The minimum atomic E-state index is -3.63. The lowest BCUT2D eigenvalue weighted by atomic mass is 10.1. The van der Waals surface area contributed by atoms with Gasteiger partial charge in [-0.3, -0.25) is 0 Å². The SMILES string of the molecule is Nc1cc(S(=O)(=O)N(CC2CCOC2)C2CC2)ccc1F. The third-order valence-corrected chi connectivity index (χ3v) is 5.90. The molecular formula is C14H19FN2O3S. The fourth-order valence-corrected chi connectivity index (χ4v) is 4.40. The van der Waals surface area contributed by atoms with E-state index in [2.05, 4.69) is 0 Å². The molecule has 1 saturated heterocycles. The lowest BCUT2D eigenvalue weighted by Crippen LogP contribution is -2.37. The first-order valence-electron chi connectivity index (χ1n) is 7.13. The second kappa shape index (κ2) is 5.55. The number of sulfonamides is 1. The molecule has 0 amide bonds. The summed E-state index contributed by atoms with van der Waals surface area (Å²) >= 11 is 0. The third kappa shape index (κ3) is 3.04. The van der Waals surface area contributed by atoms with Crippen molar-refractivity contribution in [3.05, 3.63) is 24.0 Å². The molecule has 3 rings (SSSR count). The number of rotatable bonds is 5. The molecule has 116 valence electrons. The third-order valence-electron chi connectivity index (χ3n) is 3.99. The van der Waals surface area contributed by atoms with Crippen molar-refractivity contribution < 1.29 is 17.5 Å². The van der Waals surface area contributed by atoms with Crippen LogP contribution in [0, 0.1) is 11.7 Å². The molecule has 2 N–H and O–H groups in total. The Morgan fingerprint density at radius 2 is 2.10 bits per heavy atom. The van der Waals surface area contributed by atoms with Gasteiger partial charge in [-0.25, -0.2) is 12.8 Å². The molecule has 1 heterocycles. The molecule has 2 aliphatic rings. The summed E-state index contributed by atoms with van der Waals surface area (Å²) in [5, 5.41) is 0. The zero-order chi connectivity index (χ0) is 15.0. The molecular weight excluding hydrogens is 295 g/mol. The molecule has 1 aromatic rings. The first-order chi connectivity index (χ1) is 9.98. The van der Waals surface area contributed by atoms with E-state index in [0.717, 1.165) is 25.3 Å². The predicted octanol–water partition coefficient (Wildman–Crippen LogP) is 1.60. The Morgan fingerprint density at radius 3 is 2.67 bits per heavy atom. The Balaban J connectivity index is 1.87. The first-order valence-corrected chi connectivity index (χ1v) is 8.57. The molecule has 0 radical (unpaired) electrons. The quantitative estimate of drug-likeness (QED) is 0.838. The lowest BCUT2D eigenvalue weighted by Gasteiger charge is -2.24. The van der Waals surface area contributed by atoms with Gasteiger partial charge in [-0.1, -0.05) is 0 Å². The Hall–Kier alpha value is -1.18. The van der Waals surface area contributed by atoms with Crippen molar-refractivity contribution in [1.29, 1.82) is 0 Å². The molecule has 7 heteroatoms. The van der Waals surface area contributed by atoms with Crippen LogP contribution in [0.1, 0.15) is 19.3 Å². The van der Waals surface area contributed by atoms with Crippen LogP contribution in [0.15, 0.2) is 23.1 Å². The maximum Gasteiger partial charge on any atom is 0.243 e. The highest BCUT2D eigenvalue weighted by molar-refractivity contribution is 7.89. The second-order valence-corrected chi connectivity index (χ2v) is 7.61. The van der Waals surface area contributed by atoms with Crippen molar-refractivity contribution >= 4 is 15.7 Å². The molecule has 0 aromatic heterocycles. The second-order valence-electron chi connectivity index (χ2n) is 5.72. The maximum atomic E-state index is 13.2. The molecule has 21 heavy (non-hydrogen) atoms. The van der Waals surface area contributed by atoms with Gasteiger partial charge in [0.15, 0.2) is 0 Å². The van der Waals surface area contributed by atoms with Gasteiger partial charge in [-0.2, -0.15) is 4.31 Å². The summed E-state index contributed by atoms with van der Waals surface area (Å²) in [4.78, 5) is 0.0622. The number of hydrogen-bond acceptors (Lipinski definition) is 4. The van der Waals surface area contributed by atoms with Crippen LogP contribution in [0.4, 0.5) is 10.1 Å². The zero-order valence-corrected chi connectivity index (χ0v) is 12.5. The van der Waals surface area contributed by atoms with E-state index >= 15 is 0 Å². The molecule has 5 nitrogen and oxygen atoms in total. The first kappa shape index (κ1) is 14.7. The Labute approximate surface area is 123 Å². The van der Waals surface area contributed by atoms with Gasteiger partial charge in [-0.15, -0.1) is 0 Å². The smallest absolute Gasteiger partial charge is 0.243 e. The van der Waals surface area contributed by atoms with Gasteiger partial charge in [0.2, 0.25) is 10.0 Å².